The van der Waals surface area contributed by atoms with Crippen LogP contribution < -0.4 is 0 Å². The van der Waals surface area contributed by atoms with Crippen molar-refractivity contribution in [2.75, 3.05) is 7.11 Å². The van der Waals surface area contributed by atoms with Crippen molar-refractivity contribution in [2.24, 2.45) is 0 Å². The predicted octanol–water partition coefficient (Wildman–Crippen LogP) is 2.53. The molecule has 18 heavy (non-hydrogen) atoms. The second kappa shape index (κ2) is 5.22. The summed E-state index contributed by atoms with van der Waals surface area (Å²) in [5.41, 5.74) is 0.691. The van der Waals surface area contributed by atoms with Crippen molar-refractivity contribution in [1.82, 2.24) is 9.78 Å². The molecule has 1 aliphatic carbocycles. The zero-order chi connectivity index (χ0) is 13.2. The Labute approximate surface area is 108 Å². The van der Waals surface area contributed by atoms with Crippen LogP contribution in [0, 0.1) is 0 Å². The molecule has 0 radical (unpaired) electrons. The molecular formula is C14H22N2O2. The molecule has 0 unspecified atom stereocenters. The maximum absolute atomic E-state index is 12.0. The Morgan fingerprint density at radius 1 is 1.56 bits per heavy atom. The van der Waals surface area contributed by atoms with Crippen molar-refractivity contribution in [2.45, 2.75) is 57.6 Å². The topological polar surface area (TPSA) is 44.1 Å². The van der Waals surface area contributed by atoms with Gasteiger partial charge in [0.05, 0.1) is 17.7 Å². The number of hydrogen-bond donors (Lipinski definition) is 0. The Balaban J connectivity index is 1.90. The van der Waals surface area contributed by atoms with Gasteiger partial charge in [0.2, 0.25) is 0 Å². The summed E-state index contributed by atoms with van der Waals surface area (Å²) in [5.74, 6) is 0.227. The lowest BCUT2D eigenvalue weighted by atomic mass is 9.76. The van der Waals surface area contributed by atoms with Crippen LogP contribution in [0.25, 0.3) is 0 Å². The third-order valence-electron chi connectivity index (χ3n) is 3.79. The molecule has 4 heteroatoms. The Morgan fingerprint density at radius 3 is 2.72 bits per heavy atom. The molecule has 0 atom stereocenters. The Morgan fingerprint density at radius 2 is 2.28 bits per heavy atom. The quantitative estimate of drug-likeness (QED) is 0.779. The van der Waals surface area contributed by atoms with Gasteiger partial charge >= 0.3 is 0 Å². The largest absolute Gasteiger partial charge is 0.378 e. The molecule has 0 N–H and O–H groups in total. The summed E-state index contributed by atoms with van der Waals surface area (Å²) in [5, 5.41) is 4.40. The summed E-state index contributed by atoms with van der Waals surface area (Å²) in [6, 6.07) is 2.27. The number of methoxy groups -OCH3 is 1. The average molecular weight is 250 g/mol. The summed E-state index contributed by atoms with van der Waals surface area (Å²) in [6.07, 6.45) is 6.07. The molecule has 0 aliphatic heterocycles. The molecule has 1 heterocycles. The molecule has 1 aromatic heterocycles. The number of nitrogens with zero attached hydrogens (tertiary/aromatic N) is 2. The van der Waals surface area contributed by atoms with E-state index in [0.29, 0.717) is 18.9 Å². The number of hydrogen-bond acceptors (Lipinski definition) is 3. The van der Waals surface area contributed by atoms with E-state index in [1.165, 1.54) is 6.42 Å². The van der Waals surface area contributed by atoms with Crippen molar-refractivity contribution in [3.8, 4) is 0 Å². The van der Waals surface area contributed by atoms with Crippen LogP contribution in [0.2, 0.25) is 0 Å². The van der Waals surface area contributed by atoms with E-state index >= 15 is 0 Å². The molecule has 1 aliphatic rings. The van der Waals surface area contributed by atoms with Crippen molar-refractivity contribution in [3.05, 3.63) is 18.0 Å². The lowest BCUT2D eigenvalue weighted by molar-refractivity contribution is -0.131. The molecular weight excluding hydrogens is 228 g/mol. The molecule has 0 aromatic carbocycles. The first-order valence-corrected chi connectivity index (χ1v) is 6.65. The molecule has 2 rings (SSSR count). The molecule has 1 fully saturated rings. The van der Waals surface area contributed by atoms with Crippen LogP contribution >= 0.6 is 0 Å². The number of ketones is 1. The summed E-state index contributed by atoms with van der Waals surface area (Å²) in [7, 11) is 1.71. The van der Waals surface area contributed by atoms with Gasteiger partial charge in [-0.3, -0.25) is 9.48 Å². The number of aromatic nitrogens is 2. The molecule has 0 spiro atoms. The maximum atomic E-state index is 12.0. The summed E-state index contributed by atoms with van der Waals surface area (Å²) >= 11 is 0. The van der Waals surface area contributed by atoms with Crippen LogP contribution in [-0.4, -0.2) is 28.3 Å². The second-order valence-electron chi connectivity index (χ2n) is 5.51. The zero-order valence-electron chi connectivity index (χ0n) is 11.5. The van der Waals surface area contributed by atoms with Crippen LogP contribution in [0.4, 0.5) is 0 Å². The number of carbonyl (C=O) groups excluding carboxylic acids is 1. The van der Waals surface area contributed by atoms with Gasteiger partial charge in [-0.2, -0.15) is 5.10 Å². The first kappa shape index (κ1) is 13.3. The highest BCUT2D eigenvalue weighted by atomic mass is 16.5. The van der Waals surface area contributed by atoms with E-state index < -0.39 is 0 Å². The highest BCUT2D eigenvalue weighted by Gasteiger charge is 2.38. The van der Waals surface area contributed by atoms with E-state index in [-0.39, 0.29) is 11.4 Å². The van der Waals surface area contributed by atoms with Gasteiger partial charge in [-0.05, 0) is 39.2 Å². The minimum atomic E-state index is -0.169. The van der Waals surface area contributed by atoms with Crippen LogP contribution in [0.15, 0.2) is 12.3 Å². The van der Waals surface area contributed by atoms with Crippen molar-refractivity contribution >= 4 is 5.78 Å². The third kappa shape index (κ3) is 2.80. The van der Waals surface area contributed by atoms with Gasteiger partial charge in [-0.15, -0.1) is 0 Å². The van der Waals surface area contributed by atoms with Gasteiger partial charge in [0.1, 0.15) is 5.78 Å². The fourth-order valence-electron chi connectivity index (χ4n) is 2.41. The van der Waals surface area contributed by atoms with Gasteiger partial charge < -0.3 is 4.74 Å². The van der Waals surface area contributed by atoms with Crippen LogP contribution in [0.5, 0.6) is 0 Å². The molecule has 0 saturated heterocycles. The van der Waals surface area contributed by atoms with Crippen LogP contribution in [0.1, 0.15) is 51.3 Å². The second-order valence-corrected chi connectivity index (χ2v) is 5.51. The number of carbonyl (C=O) groups is 1. The van der Waals surface area contributed by atoms with Gasteiger partial charge in [-0.1, -0.05) is 0 Å². The molecule has 0 bridgehead atoms. The Bertz CT molecular complexity index is 414. The number of Topliss-reactive ketones (excluding diaryl/α,β-unsaturated/α-hetero) is 1. The van der Waals surface area contributed by atoms with Crippen molar-refractivity contribution < 1.29 is 9.53 Å². The van der Waals surface area contributed by atoms with Crippen molar-refractivity contribution in [3.63, 3.8) is 0 Å². The normalized spacial score (nSPS) is 17.8. The lowest BCUT2D eigenvalue weighted by Crippen LogP contribution is -2.41. The van der Waals surface area contributed by atoms with Crippen LogP contribution in [-0.2, 0) is 16.0 Å². The van der Waals surface area contributed by atoms with Gasteiger partial charge in [0.15, 0.2) is 0 Å². The molecule has 1 aromatic rings. The average Bonchev–Trinajstić information content (AvgIpc) is 2.72. The predicted molar refractivity (Wildman–Crippen MR) is 69.5 cm³/mol. The van der Waals surface area contributed by atoms with Gasteiger partial charge in [-0.25, -0.2) is 0 Å². The number of rotatable bonds is 6. The fraction of sp³-hybridized carbons (Fsp3) is 0.714. The molecule has 1 saturated carbocycles. The summed E-state index contributed by atoms with van der Waals surface area (Å²) in [4.78, 5) is 12.0. The van der Waals surface area contributed by atoms with E-state index in [0.717, 1.165) is 18.5 Å². The SMILES string of the molecule is COC1(CC(=O)Cc2ccn(C(C)C)n2)CCC1. The zero-order valence-corrected chi connectivity index (χ0v) is 11.5. The minimum Gasteiger partial charge on any atom is -0.378 e. The minimum absolute atomic E-state index is 0.169. The smallest absolute Gasteiger partial charge is 0.141 e. The Kier molecular flexibility index (Phi) is 3.85. The van der Waals surface area contributed by atoms with E-state index in [4.69, 9.17) is 4.74 Å². The standard InChI is InChI=1S/C14H22N2O2/c1-11(2)16-8-5-12(15-16)9-13(17)10-14(18-3)6-4-7-14/h5,8,11H,4,6-7,9-10H2,1-3H3. The van der Waals surface area contributed by atoms with Crippen LogP contribution in [0.3, 0.4) is 0 Å². The first-order valence-electron chi connectivity index (χ1n) is 6.65. The van der Waals surface area contributed by atoms with E-state index in [9.17, 15) is 4.79 Å². The molecule has 100 valence electrons. The fourth-order valence-corrected chi connectivity index (χ4v) is 2.41. The summed E-state index contributed by atoms with van der Waals surface area (Å²) in [6.45, 7) is 4.15. The highest BCUT2D eigenvalue weighted by Crippen LogP contribution is 2.38. The molecule has 4 nitrogen and oxygen atoms in total. The highest BCUT2D eigenvalue weighted by molar-refractivity contribution is 5.81. The van der Waals surface area contributed by atoms with Gasteiger partial charge in [0.25, 0.3) is 0 Å². The number of ether oxygens (including phenoxy) is 1. The summed E-state index contributed by atoms with van der Waals surface area (Å²) < 4.78 is 7.37. The van der Waals surface area contributed by atoms with Crippen molar-refractivity contribution in [1.29, 1.82) is 0 Å². The Hall–Kier alpha value is -1.16. The monoisotopic (exact) mass is 250 g/mol. The lowest BCUT2D eigenvalue weighted by Gasteiger charge is -2.40. The van der Waals surface area contributed by atoms with Gasteiger partial charge in [0, 0.05) is 25.8 Å². The maximum Gasteiger partial charge on any atom is 0.141 e. The van der Waals surface area contributed by atoms with E-state index in [1.807, 2.05) is 16.9 Å². The van der Waals surface area contributed by atoms with E-state index in [2.05, 4.69) is 18.9 Å². The molecule has 0 amide bonds. The van der Waals surface area contributed by atoms with E-state index in [1.54, 1.807) is 7.11 Å². The third-order valence-corrected chi connectivity index (χ3v) is 3.79. The first-order chi connectivity index (χ1) is 8.54.